The summed E-state index contributed by atoms with van der Waals surface area (Å²) < 4.78 is 8.70. The van der Waals surface area contributed by atoms with Gasteiger partial charge in [-0.15, -0.1) is 9.79 Å². The first-order valence-electron chi connectivity index (χ1n) is 3.06. The van der Waals surface area contributed by atoms with Gasteiger partial charge in [0.15, 0.2) is 0 Å². The molecule has 0 atom stereocenters. The Kier molecular flexibility index (Phi) is 10.9. The van der Waals surface area contributed by atoms with E-state index in [0.717, 1.165) is 12.8 Å². The summed E-state index contributed by atoms with van der Waals surface area (Å²) in [4.78, 5) is 14.2. The molecule has 2 N–H and O–H groups in total. The van der Waals surface area contributed by atoms with Crippen LogP contribution in [0.15, 0.2) is 12.2 Å². The molecule has 0 unspecified atom stereocenters. The summed E-state index contributed by atoms with van der Waals surface area (Å²) in [6.45, 7) is 8.05. The van der Waals surface area contributed by atoms with Crippen molar-refractivity contribution in [3.63, 3.8) is 0 Å². The smallest absolute Gasteiger partial charge is 0.134 e. The number of rotatable bonds is 2. The van der Waals surface area contributed by atoms with Crippen LogP contribution in [0.4, 0.5) is 0 Å². The van der Waals surface area contributed by atoms with Crippen molar-refractivity contribution in [1.82, 2.24) is 0 Å². The van der Waals surface area contributed by atoms with E-state index in [0.29, 0.717) is 0 Å². The molecule has 0 rings (SSSR count). The molecule has 0 radical (unpaired) electrons. The van der Waals surface area contributed by atoms with Gasteiger partial charge in [0.25, 0.3) is 0 Å². The number of hydrogen-bond donors (Lipinski definition) is 2. The van der Waals surface area contributed by atoms with Gasteiger partial charge in [-0.3, -0.25) is 0 Å². The average Bonchev–Trinajstić information content (AvgIpc) is 1.85. The van der Waals surface area contributed by atoms with Crippen molar-refractivity contribution in [2.45, 2.75) is 26.7 Å². The van der Waals surface area contributed by atoms with E-state index < -0.39 is 8.25 Å². The van der Waals surface area contributed by atoms with Crippen LogP contribution in [-0.4, -0.2) is 9.79 Å². The average molecular weight is 165 g/mol. The summed E-state index contributed by atoms with van der Waals surface area (Å²) in [5.74, 6) is 0. The summed E-state index contributed by atoms with van der Waals surface area (Å²) in [6.07, 6.45) is 2.27. The molecule has 0 aromatic carbocycles. The van der Waals surface area contributed by atoms with Gasteiger partial charge in [-0.05, 0) is 12.8 Å². The molecule has 0 aromatic rings. The highest BCUT2D eigenvalue weighted by Crippen LogP contribution is 1.99. The molecule has 0 heterocycles. The zero-order valence-corrected chi connectivity index (χ0v) is 7.27. The normalized spacial score (nSPS) is 7.60. The van der Waals surface area contributed by atoms with Gasteiger partial charge < -0.3 is 0 Å². The van der Waals surface area contributed by atoms with Crippen LogP contribution in [0.1, 0.15) is 26.7 Å². The molecule has 0 fully saturated rings. The maximum Gasteiger partial charge on any atom is 0.692 e. The Bertz CT molecular complexity index is 102. The van der Waals surface area contributed by atoms with Gasteiger partial charge >= 0.3 is 8.25 Å². The van der Waals surface area contributed by atoms with Gasteiger partial charge in [-0.2, -0.15) is 0 Å². The Hall–Kier alpha value is -0.240. The van der Waals surface area contributed by atoms with Crippen molar-refractivity contribution in [2.75, 3.05) is 0 Å². The van der Waals surface area contributed by atoms with Crippen molar-refractivity contribution in [3.05, 3.63) is 12.2 Å². The topological polar surface area (TPSA) is 57.5 Å². The molecule has 0 saturated heterocycles. The highest BCUT2D eigenvalue weighted by molar-refractivity contribution is 7.30. The van der Waals surface area contributed by atoms with E-state index in [1.54, 1.807) is 0 Å². The highest BCUT2D eigenvalue weighted by Gasteiger charge is 1.93. The molecular formula is C6H14O3P+. The number of allylic oxidation sites excluding steroid dienone is 1. The fourth-order valence-electron chi connectivity index (χ4n) is 0.250. The van der Waals surface area contributed by atoms with Gasteiger partial charge in [0, 0.05) is 4.57 Å². The van der Waals surface area contributed by atoms with Crippen LogP contribution < -0.4 is 0 Å². The van der Waals surface area contributed by atoms with E-state index in [1.807, 2.05) is 0 Å². The second kappa shape index (κ2) is 8.76. The van der Waals surface area contributed by atoms with E-state index in [9.17, 15) is 0 Å². The van der Waals surface area contributed by atoms with E-state index in [-0.39, 0.29) is 0 Å². The lowest BCUT2D eigenvalue weighted by Gasteiger charge is -1.89. The fourth-order valence-corrected chi connectivity index (χ4v) is 0.250. The largest absolute Gasteiger partial charge is 0.692 e. The third-order valence-electron chi connectivity index (χ3n) is 1.000. The molecule has 4 heteroatoms. The predicted molar refractivity (Wildman–Crippen MR) is 41.8 cm³/mol. The predicted octanol–water partition coefficient (Wildman–Crippen LogP) is 1.99. The Balaban J connectivity index is 0. The zero-order valence-electron chi connectivity index (χ0n) is 6.37. The Morgan fingerprint density at radius 2 is 1.60 bits per heavy atom. The quantitative estimate of drug-likeness (QED) is 0.486. The van der Waals surface area contributed by atoms with Crippen LogP contribution in [-0.2, 0) is 4.57 Å². The van der Waals surface area contributed by atoms with E-state index in [1.165, 1.54) is 5.57 Å². The van der Waals surface area contributed by atoms with Crippen molar-refractivity contribution in [1.29, 1.82) is 0 Å². The Morgan fingerprint density at radius 1 is 1.40 bits per heavy atom. The van der Waals surface area contributed by atoms with E-state index >= 15 is 0 Å². The minimum absolute atomic E-state index is 1.14. The monoisotopic (exact) mass is 165 g/mol. The van der Waals surface area contributed by atoms with Gasteiger partial charge in [-0.1, -0.05) is 26.0 Å². The van der Waals surface area contributed by atoms with Gasteiger partial charge in [0.1, 0.15) is 0 Å². The maximum absolute atomic E-state index is 8.70. The van der Waals surface area contributed by atoms with Crippen LogP contribution in [0.2, 0.25) is 0 Å². The second-order valence-electron chi connectivity index (χ2n) is 1.71. The number of hydrogen-bond acceptors (Lipinski definition) is 1. The van der Waals surface area contributed by atoms with Crippen LogP contribution in [0.5, 0.6) is 0 Å². The minimum atomic E-state index is -2.87. The summed E-state index contributed by atoms with van der Waals surface area (Å²) >= 11 is 0. The van der Waals surface area contributed by atoms with Crippen LogP contribution >= 0.6 is 8.25 Å². The molecule has 0 aliphatic heterocycles. The van der Waals surface area contributed by atoms with Gasteiger partial charge in [-0.25, -0.2) is 0 Å². The van der Waals surface area contributed by atoms with E-state index in [2.05, 4.69) is 20.4 Å². The Labute approximate surface area is 62.3 Å². The molecule has 0 aromatic heterocycles. The summed E-state index contributed by atoms with van der Waals surface area (Å²) in [7, 11) is -2.87. The van der Waals surface area contributed by atoms with Gasteiger partial charge in [0.05, 0.1) is 0 Å². The highest BCUT2D eigenvalue weighted by atomic mass is 31.1. The first kappa shape index (κ1) is 12.4. The lowest BCUT2D eigenvalue weighted by atomic mass is 10.2. The molecular weight excluding hydrogens is 151 g/mol. The van der Waals surface area contributed by atoms with Crippen LogP contribution in [0.25, 0.3) is 0 Å². The zero-order chi connectivity index (χ0) is 8.57. The van der Waals surface area contributed by atoms with E-state index in [4.69, 9.17) is 14.4 Å². The SMILES string of the molecule is C=C(CC)CC.O=[P+](O)O. The fraction of sp³-hybridized carbons (Fsp3) is 0.667. The van der Waals surface area contributed by atoms with Crippen molar-refractivity contribution >= 4 is 8.25 Å². The lowest BCUT2D eigenvalue weighted by molar-refractivity contribution is 0.405. The standard InChI is InChI=1S/C6H12.HO3P/c1-4-6(3)5-2;1-4(2)3/h3-5H2,1-2H3;(H-,1,2,3)/p+1. The van der Waals surface area contributed by atoms with Crippen molar-refractivity contribution in [2.24, 2.45) is 0 Å². The third-order valence-corrected chi connectivity index (χ3v) is 1.000. The van der Waals surface area contributed by atoms with Crippen molar-refractivity contribution < 1.29 is 14.4 Å². The maximum atomic E-state index is 8.70. The second-order valence-corrected chi connectivity index (χ2v) is 2.22. The van der Waals surface area contributed by atoms with Crippen LogP contribution in [0.3, 0.4) is 0 Å². The molecule has 60 valence electrons. The molecule has 0 spiro atoms. The molecule has 0 amide bonds. The van der Waals surface area contributed by atoms with Crippen molar-refractivity contribution in [3.8, 4) is 0 Å². The first-order valence-corrected chi connectivity index (χ1v) is 4.22. The molecule has 3 nitrogen and oxygen atoms in total. The summed E-state index contributed by atoms with van der Waals surface area (Å²) in [5.41, 5.74) is 1.34. The third kappa shape index (κ3) is 25.1. The van der Waals surface area contributed by atoms with Gasteiger partial charge in [0.2, 0.25) is 0 Å². The van der Waals surface area contributed by atoms with Crippen LogP contribution in [0, 0.1) is 0 Å². The Morgan fingerprint density at radius 3 is 1.60 bits per heavy atom. The summed E-state index contributed by atoms with van der Waals surface area (Å²) in [6, 6.07) is 0. The lowest BCUT2D eigenvalue weighted by Crippen LogP contribution is -1.68. The summed E-state index contributed by atoms with van der Waals surface area (Å²) in [5, 5.41) is 0. The molecule has 10 heavy (non-hydrogen) atoms. The molecule has 0 aliphatic rings. The molecule has 0 saturated carbocycles. The molecule has 0 bridgehead atoms. The molecule has 0 aliphatic carbocycles. The minimum Gasteiger partial charge on any atom is -0.134 e. The first-order chi connectivity index (χ1) is 4.54.